The number of carbonyl (C=O) groups excluding carboxylic acids is 2. The maximum atomic E-state index is 13.3. The average molecular weight is 337 g/mol. The lowest BCUT2D eigenvalue weighted by atomic mass is 9.60. The molecule has 0 unspecified atom stereocenters. The number of nitro groups is 1. The lowest BCUT2D eigenvalue weighted by Gasteiger charge is -2.42. The maximum Gasteiger partial charge on any atom is 0.326 e. The van der Waals surface area contributed by atoms with Gasteiger partial charge in [-0.05, 0) is 24.5 Å². The van der Waals surface area contributed by atoms with Gasteiger partial charge in [-0.15, -0.1) is 0 Å². The Hall–Kier alpha value is -3.02. The molecule has 4 rings (SSSR count). The van der Waals surface area contributed by atoms with Crippen molar-refractivity contribution in [3.05, 3.63) is 75.3 Å². The average Bonchev–Trinajstić information content (AvgIpc) is 2.61. The van der Waals surface area contributed by atoms with Crippen molar-refractivity contribution in [2.24, 2.45) is 5.41 Å². The minimum atomic E-state index is -1.53. The number of fused-ring (bicyclic) bond motifs is 2. The molecule has 6 nitrogen and oxygen atoms in total. The molecule has 0 amide bonds. The number of Topliss-reactive ketones (excluding diaryl/α,β-unsaturated/α-hetero) is 1. The lowest BCUT2D eigenvalue weighted by Crippen LogP contribution is -2.53. The minimum Gasteiger partial charge on any atom is -0.425 e. The van der Waals surface area contributed by atoms with E-state index in [0.717, 1.165) is 5.56 Å². The minimum absolute atomic E-state index is 0.217. The first-order valence-electron chi connectivity index (χ1n) is 8.10. The summed E-state index contributed by atoms with van der Waals surface area (Å²) < 4.78 is 5.44. The Morgan fingerprint density at radius 3 is 2.64 bits per heavy atom. The molecule has 2 atom stereocenters. The summed E-state index contributed by atoms with van der Waals surface area (Å²) in [7, 11) is 0. The topological polar surface area (TPSA) is 86.5 Å². The van der Waals surface area contributed by atoms with Gasteiger partial charge < -0.3 is 4.74 Å². The molecule has 2 aromatic rings. The highest BCUT2D eigenvalue weighted by molar-refractivity contribution is 6.16. The molecule has 0 saturated heterocycles. The van der Waals surface area contributed by atoms with Crippen LogP contribution in [0.1, 0.15) is 33.8 Å². The van der Waals surface area contributed by atoms with Gasteiger partial charge in [0.25, 0.3) is 0 Å². The van der Waals surface area contributed by atoms with Crippen molar-refractivity contribution in [1.82, 2.24) is 0 Å². The van der Waals surface area contributed by atoms with Crippen LogP contribution in [0, 0.1) is 15.5 Å². The molecule has 1 spiro atoms. The van der Waals surface area contributed by atoms with E-state index in [2.05, 4.69) is 0 Å². The number of hydrogen-bond acceptors (Lipinski definition) is 5. The fourth-order valence-electron chi connectivity index (χ4n) is 4.04. The van der Waals surface area contributed by atoms with Crippen LogP contribution >= 0.6 is 0 Å². The number of nitrogens with zero attached hydrogens (tertiary/aromatic N) is 1. The molecule has 0 fully saturated rings. The summed E-state index contributed by atoms with van der Waals surface area (Å²) >= 11 is 0. The summed E-state index contributed by atoms with van der Waals surface area (Å²) in [5.74, 6) is -1.59. The second-order valence-corrected chi connectivity index (χ2v) is 6.45. The number of ketones is 1. The smallest absolute Gasteiger partial charge is 0.326 e. The molecule has 0 radical (unpaired) electrons. The molecule has 25 heavy (non-hydrogen) atoms. The highest BCUT2D eigenvalue weighted by Gasteiger charge is 2.60. The van der Waals surface area contributed by atoms with Crippen LogP contribution in [0.25, 0.3) is 0 Å². The highest BCUT2D eigenvalue weighted by Crippen LogP contribution is 2.52. The van der Waals surface area contributed by atoms with Gasteiger partial charge in [0.2, 0.25) is 6.54 Å². The van der Waals surface area contributed by atoms with Crippen molar-refractivity contribution in [1.29, 1.82) is 0 Å². The van der Waals surface area contributed by atoms with Crippen molar-refractivity contribution in [2.75, 3.05) is 6.54 Å². The first-order chi connectivity index (χ1) is 12.0. The van der Waals surface area contributed by atoms with Crippen LogP contribution in [-0.4, -0.2) is 23.2 Å². The molecule has 1 heterocycles. The summed E-state index contributed by atoms with van der Waals surface area (Å²) in [5, 5.41) is 11.3. The van der Waals surface area contributed by atoms with Crippen LogP contribution in [0.5, 0.6) is 5.75 Å². The van der Waals surface area contributed by atoms with Gasteiger partial charge >= 0.3 is 5.97 Å². The number of aryl methyl sites for hydroxylation is 1. The third-order valence-electron chi connectivity index (χ3n) is 5.24. The van der Waals surface area contributed by atoms with Crippen molar-refractivity contribution >= 4 is 11.8 Å². The monoisotopic (exact) mass is 337 g/mol. The Balaban J connectivity index is 1.92. The zero-order chi connectivity index (χ0) is 17.6. The van der Waals surface area contributed by atoms with Crippen LogP contribution in [0.15, 0.2) is 48.5 Å². The molecule has 6 heteroatoms. The van der Waals surface area contributed by atoms with Crippen molar-refractivity contribution in [3.8, 4) is 5.75 Å². The molecule has 0 N–H and O–H groups in total. The summed E-state index contributed by atoms with van der Waals surface area (Å²) in [6.07, 6.45) is 0.724. The van der Waals surface area contributed by atoms with Gasteiger partial charge in [0.15, 0.2) is 5.78 Å². The van der Waals surface area contributed by atoms with Gasteiger partial charge in [0.05, 0.1) is 5.92 Å². The molecular formula is C19H15NO5. The van der Waals surface area contributed by atoms with Gasteiger partial charge in [0, 0.05) is 16.1 Å². The van der Waals surface area contributed by atoms with E-state index in [1.165, 1.54) is 0 Å². The van der Waals surface area contributed by atoms with Crippen LogP contribution in [0.2, 0.25) is 0 Å². The van der Waals surface area contributed by atoms with E-state index >= 15 is 0 Å². The number of rotatable bonds is 2. The molecule has 0 saturated carbocycles. The number of hydrogen-bond donors (Lipinski definition) is 0. The molecular weight excluding hydrogens is 322 g/mol. The van der Waals surface area contributed by atoms with Gasteiger partial charge in [-0.3, -0.25) is 19.7 Å². The van der Waals surface area contributed by atoms with Gasteiger partial charge in [0.1, 0.15) is 11.2 Å². The number of benzene rings is 2. The lowest BCUT2D eigenvalue weighted by molar-refractivity contribution is -0.485. The normalized spacial score (nSPS) is 24.4. The predicted molar refractivity (Wildman–Crippen MR) is 88.2 cm³/mol. The largest absolute Gasteiger partial charge is 0.425 e. The van der Waals surface area contributed by atoms with Crippen molar-refractivity contribution in [3.63, 3.8) is 0 Å². The van der Waals surface area contributed by atoms with E-state index in [4.69, 9.17) is 4.74 Å². The highest BCUT2D eigenvalue weighted by atomic mass is 16.6. The zero-order valence-electron chi connectivity index (χ0n) is 13.3. The predicted octanol–water partition coefficient (Wildman–Crippen LogP) is 2.78. The molecule has 2 aromatic carbocycles. The Morgan fingerprint density at radius 2 is 1.84 bits per heavy atom. The zero-order valence-corrected chi connectivity index (χ0v) is 13.3. The number of ether oxygens (including phenoxy) is 1. The third-order valence-corrected chi connectivity index (χ3v) is 5.24. The Bertz CT molecular complexity index is 906. The van der Waals surface area contributed by atoms with Crippen LogP contribution in [0.3, 0.4) is 0 Å². The van der Waals surface area contributed by atoms with Crippen molar-refractivity contribution < 1.29 is 19.2 Å². The first kappa shape index (κ1) is 15.5. The fraction of sp³-hybridized carbons (Fsp3) is 0.263. The summed E-state index contributed by atoms with van der Waals surface area (Å²) in [4.78, 5) is 37.0. The second-order valence-electron chi connectivity index (χ2n) is 6.45. The van der Waals surface area contributed by atoms with Crippen LogP contribution in [0.4, 0.5) is 0 Å². The van der Waals surface area contributed by atoms with E-state index in [1.807, 2.05) is 12.1 Å². The molecule has 0 bridgehead atoms. The van der Waals surface area contributed by atoms with Crippen LogP contribution in [-0.2, 0) is 11.2 Å². The van der Waals surface area contributed by atoms with E-state index in [9.17, 15) is 19.7 Å². The Kier molecular flexibility index (Phi) is 3.42. The number of carbonyl (C=O) groups is 2. The van der Waals surface area contributed by atoms with Crippen molar-refractivity contribution in [2.45, 2.75) is 18.8 Å². The molecule has 126 valence electrons. The number of esters is 1. The van der Waals surface area contributed by atoms with Gasteiger partial charge in [-0.25, -0.2) is 0 Å². The third kappa shape index (κ3) is 2.17. The van der Waals surface area contributed by atoms with E-state index in [-0.39, 0.29) is 12.2 Å². The number of para-hydroxylation sites is 1. The molecule has 1 aliphatic carbocycles. The van der Waals surface area contributed by atoms with E-state index in [1.54, 1.807) is 36.4 Å². The summed E-state index contributed by atoms with van der Waals surface area (Å²) in [6, 6.07) is 13.8. The van der Waals surface area contributed by atoms with E-state index < -0.39 is 28.8 Å². The molecule has 0 aromatic heterocycles. The van der Waals surface area contributed by atoms with Gasteiger partial charge in [-0.1, -0.05) is 42.5 Å². The molecule has 1 aliphatic heterocycles. The Morgan fingerprint density at radius 1 is 1.12 bits per heavy atom. The van der Waals surface area contributed by atoms with Crippen LogP contribution < -0.4 is 4.74 Å². The second kappa shape index (κ2) is 5.51. The first-order valence-corrected chi connectivity index (χ1v) is 8.10. The summed E-state index contributed by atoms with van der Waals surface area (Å²) in [5.41, 5.74) is 0.338. The standard InChI is InChI=1S/C19H15NO5/c21-17-13-6-2-1-5-12(13)9-10-19(17)15(11-20(23)24)14-7-3-4-8-16(14)25-18(19)22/h1-8,15H,9-11H2/t15-,19+/m0/s1. The van der Waals surface area contributed by atoms with Gasteiger partial charge in [-0.2, -0.15) is 0 Å². The maximum absolute atomic E-state index is 13.3. The Labute approximate surface area is 143 Å². The SMILES string of the molecule is O=C1Oc2ccccc2[C@H](C[N+](=O)[O-])[C@@]12CCc1ccccc1C2=O. The summed E-state index contributed by atoms with van der Waals surface area (Å²) in [6.45, 7) is -0.486. The fourth-order valence-corrected chi connectivity index (χ4v) is 4.04. The quantitative estimate of drug-likeness (QED) is 0.276. The van der Waals surface area contributed by atoms with E-state index in [0.29, 0.717) is 23.3 Å². The molecule has 2 aliphatic rings.